The van der Waals surface area contributed by atoms with Gasteiger partial charge in [-0.05, 0) is 30.7 Å². The molecule has 110 valence electrons. The summed E-state index contributed by atoms with van der Waals surface area (Å²) in [5.74, 6) is -0.124. The van der Waals surface area contributed by atoms with Gasteiger partial charge < -0.3 is 5.32 Å². The Morgan fingerprint density at radius 1 is 1.05 bits per heavy atom. The van der Waals surface area contributed by atoms with Crippen LogP contribution in [0.1, 0.15) is 29.2 Å². The minimum Gasteiger partial charge on any atom is -0.313 e. The Bertz CT molecular complexity index is 587. The maximum atomic E-state index is 13.9. The average Bonchev–Trinajstić information content (AvgIpc) is 2.92. The third-order valence-electron chi connectivity index (χ3n) is 4.27. The molecule has 0 aliphatic carbocycles. The lowest BCUT2D eigenvalue weighted by Gasteiger charge is -2.21. The summed E-state index contributed by atoms with van der Waals surface area (Å²) in [6, 6.07) is 15.7. The SMILES string of the molecule is CNC(CCN1Cc2ccccc2C1)c1ccccc1F. The molecule has 0 aromatic heterocycles. The van der Waals surface area contributed by atoms with E-state index < -0.39 is 0 Å². The van der Waals surface area contributed by atoms with E-state index in [-0.39, 0.29) is 11.9 Å². The molecule has 0 saturated carbocycles. The molecule has 0 saturated heterocycles. The van der Waals surface area contributed by atoms with Crippen molar-refractivity contribution >= 4 is 0 Å². The van der Waals surface area contributed by atoms with E-state index in [1.165, 1.54) is 17.2 Å². The quantitative estimate of drug-likeness (QED) is 0.904. The highest BCUT2D eigenvalue weighted by molar-refractivity contribution is 5.30. The highest BCUT2D eigenvalue weighted by atomic mass is 19.1. The van der Waals surface area contributed by atoms with Crippen LogP contribution >= 0.6 is 0 Å². The van der Waals surface area contributed by atoms with E-state index in [9.17, 15) is 4.39 Å². The topological polar surface area (TPSA) is 15.3 Å². The zero-order chi connectivity index (χ0) is 14.7. The second-order valence-corrected chi connectivity index (χ2v) is 5.63. The lowest BCUT2D eigenvalue weighted by atomic mass is 10.0. The fourth-order valence-electron chi connectivity index (χ4n) is 3.09. The summed E-state index contributed by atoms with van der Waals surface area (Å²) in [5.41, 5.74) is 3.60. The van der Waals surface area contributed by atoms with Gasteiger partial charge in [0.1, 0.15) is 5.82 Å². The smallest absolute Gasteiger partial charge is 0.127 e. The summed E-state index contributed by atoms with van der Waals surface area (Å²) < 4.78 is 13.9. The zero-order valence-corrected chi connectivity index (χ0v) is 12.3. The van der Waals surface area contributed by atoms with Crippen molar-refractivity contribution in [2.24, 2.45) is 0 Å². The monoisotopic (exact) mass is 284 g/mol. The van der Waals surface area contributed by atoms with Gasteiger partial charge in [-0.15, -0.1) is 0 Å². The van der Waals surface area contributed by atoms with Crippen molar-refractivity contribution < 1.29 is 4.39 Å². The number of rotatable bonds is 5. The third kappa shape index (κ3) is 3.14. The van der Waals surface area contributed by atoms with E-state index in [4.69, 9.17) is 0 Å². The molecular weight excluding hydrogens is 263 g/mol. The first kappa shape index (κ1) is 14.2. The normalized spacial score (nSPS) is 15.9. The van der Waals surface area contributed by atoms with Gasteiger partial charge in [0.15, 0.2) is 0 Å². The van der Waals surface area contributed by atoms with Crippen molar-refractivity contribution in [3.05, 3.63) is 71.0 Å². The minimum atomic E-state index is -0.124. The number of benzene rings is 2. The number of nitrogens with zero attached hydrogens (tertiary/aromatic N) is 1. The van der Waals surface area contributed by atoms with Gasteiger partial charge >= 0.3 is 0 Å². The fourth-order valence-corrected chi connectivity index (χ4v) is 3.09. The number of halogens is 1. The molecule has 0 radical (unpaired) electrons. The number of hydrogen-bond acceptors (Lipinski definition) is 2. The molecule has 1 atom stereocenters. The molecule has 0 spiro atoms. The van der Waals surface area contributed by atoms with Crippen LogP contribution in [0, 0.1) is 5.82 Å². The van der Waals surface area contributed by atoms with Crippen LogP contribution in [-0.2, 0) is 13.1 Å². The van der Waals surface area contributed by atoms with Crippen LogP contribution in [0.4, 0.5) is 4.39 Å². The number of hydrogen-bond donors (Lipinski definition) is 1. The van der Waals surface area contributed by atoms with Crippen LogP contribution in [0.3, 0.4) is 0 Å². The fraction of sp³-hybridized carbons (Fsp3) is 0.333. The molecule has 0 fully saturated rings. The lowest BCUT2D eigenvalue weighted by Crippen LogP contribution is -2.25. The molecule has 21 heavy (non-hydrogen) atoms. The van der Waals surface area contributed by atoms with Gasteiger partial charge in [-0.2, -0.15) is 0 Å². The van der Waals surface area contributed by atoms with Crippen LogP contribution in [-0.4, -0.2) is 18.5 Å². The Labute approximate surface area is 125 Å². The molecule has 2 aromatic carbocycles. The molecule has 1 unspecified atom stereocenters. The molecule has 1 N–H and O–H groups in total. The van der Waals surface area contributed by atoms with Crippen LogP contribution < -0.4 is 5.32 Å². The molecule has 2 aromatic rings. The summed E-state index contributed by atoms with van der Waals surface area (Å²) in [6.45, 7) is 2.97. The van der Waals surface area contributed by atoms with E-state index >= 15 is 0 Å². The first-order valence-corrected chi connectivity index (χ1v) is 7.49. The first-order valence-electron chi connectivity index (χ1n) is 7.49. The minimum absolute atomic E-state index is 0.0647. The molecule has 3 heteroatoms. The maximum Gasteiger partial charge on any atom is 0.127 e. The van der Waals surface area contributed by atoms with Gasteiger partial charge in [-0.1, -0.05) is 42.5 Å². The van der Waals surface area contributed by atoms with E-state index in [2.05, 4.69) is 34.5 Å². The standard InChI is InChI=1S/C18H21FN2/c1-20-18(16-8-4-5-9-17(16)19)10-11-21-12-14-6-2-3-7-15(14)13-21/h2-9,18,20H,10-13H2,1H3. The summed E-state index contributed by atoms with van der Waals surface area (Å²) in [4.78, 5) is 2.43. The van der Waals surface area contributed by atoms with E-state index in [0.29, 0.717) is 0 Å². The summed E-state index contributed by atoms with van der Waals surface area (Å²) in [5, 5.41) is 3.24. The van der Waals surface area contributed by atoms with E-state index in [1.807, 2.05) is 19.2 Å². The molecule has 3 rings (SSSR count). The van der Waals surface area contributed by atoms with Crippen molar-refractivity contribution in [2.75, 3.05) is 13.6 Å². The summed E-state index contributed by atoms with van der Waals surface area (Å²) in [7, 11) is 1.90. The lowest BCUT2D eigenvalue weighted by molar-refractivity contribution is 0.265. The Morgan fingerprint density at radius 3 is 2.29 bits per heavy atom. The Balaban J connectivity index is 1.61. The van der Waals surface area contributed by atoms with Crippen molar-refractivity contribution in [3.63, 3.8) is 0 Å². The molecule has 1 heterocycles. The van der Waals surface area contributed by atoms with Crippen molar-refractivity contribution in [1.82, 2.24) is 10.2 Å². The van der Waals surface area contributed by atoms with Gasteiger partial charge in [0.25, 0.3) is 0 Å². The van der Waals surface area contributed by atoms with Crippen LogP contribution in [0.5, 0.6) is 0 Å². The van der Waals surface area contributed by atoms with Crippen molar-refractivity contribution in [1.29, 1.82) is 0 Å². The predicted molar refractivity (Wildman–Crippen MR) is 83.4 cm³/mol. The molecule has 1 aliphatic rings. The average molecular weight is 284 g/mol. The van der Waals surface area contributed by atoms with Gasteiger partial charge in [0.05, 0.1) is 0 Å². The molecule has 0 amide bonds. The van der Waals surface area contributed by atoms with Gasteiger partial charge in [-0.25, -0.2) is 4.39 Å². The third-order valence-corrected chi connectivity index (χ3v) is 4.27. The summed E-state index contributed by atoms with van der Waals surface area (Å²) in [6.07, 6.45) is 0.908. The van der Waals surface area contributed by atoms with Gasteiger partial charge in [0.2, 0.25) is 0 Å². The van der Waals surface area contributed by atoms with Crippen LogP contribution in [0.2, 0.25) is 0 Å². The second kappa shape index (κ2) is 6.37. The van der Waals surface area contributed by atoms with Crippen molar-refractivity contribution in [2.45, 2.75) is 25.6 Å². The Morgan fingerprint density at radius 2 is 1.67 bits per heavy atom. The highest BCUT2D eigenvalue weighted by Gasteiger charge is 2.20. The van der Waals surface area contributed by atoms with Gasteiger partial charge in [-0.3, -0.25) is 4.90 Å². The van der Waals surface area contributed by atoms with E-state index in [1.54, 1.807) is 6.07 Å². The molecule has 2 nitrogen and oxygen atoms in total. The van der Waals surface area contributed by atoms with Crippen LogP contribution in [0.15, 0.2) is 48.5 Å². The zero-order valence-electron chi connectivity index (χ0n) is 12.3. The first-order chi connectivity index (χ1) is 10.3. The van der Waals surface area contributed by atoms with E-state index in [0.717, 1.165) is 31.6 Å². The second-order valence-electron chi connectivity index (χ2n) is 5.63. The number of fused-ring (bicyclic) bond motifs is 1. The largest absolute Gasteiger partial charge is 0.313 e. The van der Waals surface area contributed by atoms with Crippen LogP contribution in [0.25, 0.3) is 0 Å². The number of nitrogens with one attached hydrogen (secondary N) is 1. The predicted octanol–water partition coefficient (Wildman–Crippen LogP) is 3.49. The maximum absolute atomic E-state index is 13.9. The highest BCUT2D eigenvalue weighted by Crippen LogP contribution is 2.25. The van der Waals surface area contributed by atoms with Gasteiger partial charge in [0, 0.05) is 31.2 Å². The Kier molecular flexibility index (Phi) is 4.32. The molecule has 1 aliphatic heterocycles. The molecule has 0 bridgehead atoms. The summed E-state index contributed by atoms with van der Waals surface area (Å²) >= 11 is 0. The Hall–Kier alpha value is -1.71. The van der Waals surface area contributed by atoms with Crippen molar-refractivity contribution in [3.8, 4) is 0 Å². The molecular formula is C18H21FN2.